The van der Waals surface area contributed by atoms with Crippen molar-refractivity contribution < 1.29 is 14.2 Å². The molecule has 1 saturated carbocycles. The van der Waals surface area contributed by atoms with Gasteiger partial charge in [-0.3, -0.25) is 0 Å². The first-order chi connectivity index (χ1) is 10.2. The number of methoxy groups -OCH3 is 2. The summed E-state index contributed by atoms with van der Waals surface area (Å²) in [4.78, 5) is 0. The molecule has 0 amide bonds. The number of rotatable bonds is 6. The molecule has 0 saturated heterocycles. The molecule has 4 heteroatoms. The van der Waals surface area contributed by atoms with Crippen LogP contribution in [0.2, 0.25) is 0 Å². The van der Waals surface area contributed by atoms with Crippen LogP contribution in [0.3, 0.4) is 0 Å². The third-order valence-electron chi connectivity index (χ3n) is 4.15. The van der Waals surface area contributed by atoms with Gasteiger partial charge in [-0.05, 0) is 25.0 Å². The Labute approximate surface area is 127 Å². The van der Waals surface area contributed by atoms with Gasteiger partial charge in [0.2, 0.25) is 0 Å². The topological polar surface area (TPSA) is 53.7 Å². The van der Waals surface area contributed by atoms with E-state index in [-0.39, 0.29) is 6.04 Å². The first kappa shape index (κ1) is 16.1. The van der Waals surface area contributed by atoms with Crippen molar-refractivity contribution in [2.45, 2.75) is 50.7 Å². The zero-order valence-electron chi connectivity index (χ0n) is 13.1. The monoisotopic (exact) mass is 293 g/mol. The fraction of sp³-hybridized carbons (Fsp3) is 0.647. The molecule has 1 aromatic rings. The van der Waals surface area contributed by atoms with E-state index >= 15 is 0 Å². The molecule has 0 aliphatic heterocycles. The molecular formula is C17H27NO3. The summed E-state index contributed by atoms with van der Waals surface area (Å²) in [6.45, 7) is 0.535. The van der Waals surface area contributed by atoms with Crippen molar-refractivity contribution in [3.8, 4) is 11.5 Å². The minimum Gasteiger partial charge on any atom is -0.497 e. The molecular weight excluding hydrogens is 266 g/mol. The number of hydrogen-bond donors (Lipinski definition) is 1. The highest BCUT2D eigenvalue weighted by Crippen LogP contribution is 2.29. The molecule has 0 spiro atoms. The summed E-state index contributed by atoms with van der Waals surface area (Å²) in [5.41, 5.74) is 7.24. The molecule has 21 heavy (non-hydrogen) atoms. The van der Waals surface area contributed by atoms with Gasteiger partial charge in [-0.15, -0.1) is 0 Å². The summed E-state index contributed by atoms with van der Waals surface area (Å²) in [7, 11) is 3.29. The molecule has 1 unspecified atom stereocenters. The van der Waals surface area contributed by atoms with Gasteiger partial charge in [0.15, 0.2) is 0 Å². The minimum absolute atomic E-state index is 0.172. The van der Waals surface area contributed by atoms with Crippen molar-refractivity contribution in [3.05, 3.63) is 23.8 Å². The highest BCUT2D eigenvalue weighted by molar-refractivity contribution is 5.42. The number of nitrogens with two attached hydrogens (primary N) is 1. The van der Waals surface area contributed by atoms with Crippen molar-refractivity contribution in [2.24, 2.45) is 5.73 Å². The van der Waals surface area contributed by atoms with E-state index in [1.807, 2.05) is 18.2 Å². The Morgan fingerprint density at radius 1 is 1.10 bits per heavy atom. The van der Waals surface area contributed by atoms with E-state index in [1.54, 1.807) is 14.2 Å². The van der Waals surface area contributed by atoms with Gasteiger partial charge in [0, 0.05) is 11.6 Å². The maximum Gasteiger partial charge on any atom is 0.127 e. The van der Waals surface area contributed by atoms with Crippen LogP contribution in [0, 0.1) is 0 Å². The van der Waals surface area contributed by atoms with E-state index in [1.165, 1.54) is 25.7 Å². The molecule has 0 radical (unpaired) electrons. The Hall–Kier alpha value is -1.26. The fourth-order valence-electron chi connectivity index (χ4n) is 2.86. The van der Waals surface area contributed by atoms with Crippen LogP contribution < -0.4 is 15.2 Å². The van der Waals surface area contributed by atoms with Gasteiger partial charge in [-0.2, -0.15) is 0 Å². The standard InChI is InChI=1S/C17H27NO3/c1-19-14-9-10-15(17(11-14)20-2)16(18)12-21-13-7-5-3-4-6-8-13/h9-11,13,16H,3-8,12,18H2,1-2H3. The Balaban J connectivity index is 1.94. The van der Waals surface area contributed by atoms with Gasteiger partial charge in [0.1, 0.15) is 11.5 Å². The highest BCUT2D eigenvalue weighted by Gasteiger charge is 2.17. The normalized spacial score (nSPS) is 18.0. The fourth-order valence-corrected chi connectivity index (χ4v) is 2.86. The smallest absolute Gasteiger partial charge is 0.127 e. The molecule has 1 aliphatic carbocycles. The van der Waals surface area contributed by atoms with Crippen molar-refractivity contribution in [1.82, 2.24) is 0 Å². The SMILES string of the molecule is COc1ccc(C(N)COC2CCCCCC2)c(OC)c1. The van der Waals surface area contributed by atoms with E-state index in [0.717, 1.165) is 29.9 Å². The van der Waals surface area contributed by atoms with Crippen LogP contribution in [0.25, 0.3) is 0 Å². The van der Waals surface area contributed by atoms with Gasteiger partial charge in [-0.1, -0.05) is 25.7 Å². The first-order valence-corrected chi connectivity index (χ1v) is 7.83. The van der Waals surface area contributed by atoms with Gasteiger partial charge in [-0.25, -0.2) is 0 Å². The molecule has 0 bridgehead atoms. The largest absolute Gasteiger partial charge is 0.497 e. The predicted molar refractivity (Wildman–Crippen MR) is 83.9 cm³/mol. The van der Waals surface area contributed by atoms with Crippen LogP contribution in [0.5, 0.6) is 11.5 Å². The molecule has 118 valence electrons. The Morgan fingerprint density at radius 3 is 2.43 bits per heavy atom. The van der Waals surface area contributed by atoms with Crippen LogP contribution in [-0.4, -0.2) is 26.9 Å². The average molecular weight is 293 g/mol. The Kier molecular flexibility index (Phi) is 6.33. The highest BCUT2D eigenvalue weighted by atomic mass is 16.5. The number of ether oxygens (including phenoxy) is 3. The lowest BCUT2D eigenvalue weighted by atomic mass is 10.1. The second-order valence-electron chi connectivity index (χ2n) is 5.66. The molecule has 2 N–H and O–H groups in total. The molecule has 2 rings (SSSR count). The lowest BCUT2D eigenvalue weighted by molar-refractivity contribution is 0.0342. The summed E-state index contributed by atoms with van der Waals surface area (Å²) in [6.07, 6.45) is 7.88. The zero-order valence-corrected chi connectivity index (χ0v) is 13.1. The second-order valence-corrected chi connectivity index (χ2v) is 5.66. The zero-order chi connectivity index (χ0) is 15.1. The first-order valence-electron chi connectivity index (χ1n) is 7.83. The number of hydrogen-bond acceptors (Lipinski definition) is 4. The van der Waals surface area contributed by atoms with Crippen LogP contribution >= 0.6 is 0 Å². The maximum atomic E-state index is 6.27. The predicted octanol–water partition coefficient (Wildman–Crippen LogP) is 3.44. The quantitative estimate of drug-likeness (QED) is 0.816. The summed E-state index contributed by atoms with van der Waals surface area (Å²) in [5.74, 6) is 1.53. The van der Waals surface area contributed by atoms with Crippen LogP contribution in [0.4, 0.5) is 0 Å². The number of benzene rings is 1. The summed E-state index contributed by atoms with van der Waals surface area (Å²) < 4.78 is 16.6. The molecule has 1 aromatic carbocycles. The van der Waals surface area contributed by atoms with Crippen LogP contribution in [0.1, 0.15) is 50.1 Å². The molecule has 1 aliphatic rings. The molecule has 1 fully saturated rings. The minimum atomic E-state index is -0.172. The van der Waals surface area contributed by atoms with E-state index in [2.05, 4.69) is 0 Å². The van der Waals surface area contributed by atoms with E-state index in [9.17, 15) is 0 Å². The van der Waals surface area contributed by atoms with Crippen molar-refractivity contribution in [2.75, 3.05) is 20.8 Å². The summed E-state index contributed by atoms with van der Waals surface area (Å²) in [6, 6.07) is 5.55. The molecule has 4 nitrogen and oxygen atoms in total. The van der Waals surface area contributed by atoms with Crippen LogP contribution in [-0.2, 0) is 4.74 Å². The van der Waals surface area contributed by atoms with Crippen molar-refractivity contribution in [1.29, 1.82) is 0 Å². The van der Waals surface area contributed by atoms with Gasteiger partial charge >= 0.3 is 0 Å². The lowest BCUT2D eigenvalue weighted by Gasteiger charge is -2.20. The maximum absolute atomic E-state index is 6.27. The Bertz CT molecular complexity index is 428. The molecule has 0 aromatic heterocycles. The Morgan fingerprint density at radius 2 is 1.81 bits per heavy atom. The van der Waals surface area contributed by atoms with Gasteiger partial charge in [0.25, 0.3) is 0 Å². The molecule has 0 heterocycles. The third-order valence-corrected chi connectivity index (χ3v) is 4.15. The average Bonchev–Trinajstić information content (AvgIpc) is 2.80. The van der Waals surface area contributed by atoms with Crippen molar-refractivity contribution in [3.63, 3.8) is 0 Å². The summed E-state index contributed by atoms with van der Waals surface area (Å²) >= 11 is 0. The van der Waals surface area contributed by atoms with Gasteiger partial charge < -0.3 is 19.9 Å². The third kappa shape index (κ3) is 4.61. The summed E-state index contributed by atoms with van der Waals surface area (Å²) in [5, 5.41) is 0. The molecule has 1 atom stereocenters. The van der Waals surface area contributed by atoms with Crippen molar-refractivity contribution >= 4 is 0 Å². The van der Waals surface area contributed by atoms with E-state index in [0.29, 0.717) is 12.7 Å². The lowest BCUT2D eigenvalue weighted by Crippen LogP contribution is -2.22. The van der Waals surface area contributed by atoms with E-state index < -0.39 is 0 Å². The van der Waals surface area contributed by atoms with Gasteiger partial charge in [0.05, 0.1) is 33.0 Å². The van der Waals surface area contributed by atoms with Crippen LogP contribution in [0.15, 0.2) is 18.2 Å². The van der Waals surface area contributed by atoms with E-state index in [4.69, 9.17) is 19.9 Å². The second kappa shape index (κ2) is 8.25.